The number of halogens is 1. The molecule has 0 radical (unpaired) electrons. The maximum Gasteiger partial charge on any atom is 0.281 e. The summed E-state index contributed by atoms with van der Waals surface area (Å²) in [5, 5.41) is 14.7. The summed E-state index contributed by atoms with van der Waals surface area (Å²) in [6.07, 6.45) is 4.64. The molecule has 1 N–H and O–H groups in total. The van der Waals surface area contributed by atoms with Crippen LogP contribution in [-0.2, 0) is 0 Å². The zero-order chi connectivity index (χ0) is 19.0. The Morgan fingerprint density at radius 2 is 2.30 bits per heavy atom. The first-order chi connectivity index (χ1) is 13.1. The van der Waals surface area contributed by atoms with Crippen molar-refractivity contribution in [3.8, 4) is 6.07 Å². The SMILES string of the molecule is CSN1CCC(n2sc(Nc3c(Cl)ccc4ncccc34)c(C#N)c2=O)C1. The quantitative estimate of drug-likeness (QED) is 0.639. The van der Waals surface area contributed by atoms with Crippen LogP contribution in [0.2, 0.25) is 5.02 Å². The molecule has 0 amide bonds. The predicted molar refractivity (Wildman–Crippen MR) is 112 cm³/mol. The van der Waals surface area contributed by atoms with Crippen LogP contribution in [0.25, 0.3) is 10.9 Å². The zero-order valence-corrected chi connectivity index (χ0v) is 16.9. The van der Waals surface area contributed by atoms with Crippen molar-refractivity contribution in [1.82, 2.24) is 13.2 Å². The predicted octanol–water partition coefficient (Wildman–Crippen LogP) is 4.25. The molecule has 1 aliphatic rings. The van der Waals surface area contributed by atoms with Gasteiger partial charge in [-0.25, -0.2) is 4.31 Å². The molecule has 4 rings (SSSR count). The average Bonchev–Trinajstić information content (AvgIpc) is 3.28. The van der Waals surface area contributed by atoms with Gasteiger partial charge in [0.1, 0.15) is 11.1 Å². The Balaban J connectivity index is 1.76. The van der Waals surface area contributed by atoms with Crippen LogP contribution in [0.1, 0.15) is 18.0 Å². The van der Waals surface area contributed by atoms with Gasteiger partial charge in [-0.1, -0.05) is 23.5 Å². The number of aromatic nitrogens is 2. The number of nitrogens with zero attached hydrogens (tertiary/aromatic N) is 4. The van der Waals surface area contributed by atoms with Crippen LogP contribution in [0.4, 0.5) is 10.7 Å². The number of rotatable bonds is 4. The van der Waals surface area contributed by atoms with Crippen molar-refractivity contribution in [2.24, 2.45) is 0 Å². The van der Waals surface area contributed by atoms with Gasteiger partial charge >= 0.3 is 0 Å². The summed E-state index contributed by atoms with van der Waals surface area (Å²) >= 11 is 9.36. The van der Waals surface area contributed by atoms with Crippen LogP contribution >= 0.6 is 35.1 Å². The Morgan fingerprint density at radius 1 is 1.44 bits per heavy atom. The number of anilines is 2. The third-order valence-electron chi connectivity index (χ3n) is 4.63. The van der Waals surface area contributed by atoms with Gasteiger partial charge in [-0.15, -0.1) is 0 Å². The average molecular weight is 418 g/mol. The van der Waals surface area contributed by atoms with Gasteiger partial charge in [-0.05, 0) is 48.5 Å². The van der Waals surface area contributed by atoms with E-state index in [1.54, 1.807) is 28.2 Å². The first-order valence-electron chi connectivity index (χ1n) is 8.37. The molecule has 0 bridgehead atoms. The monoisotopic (exact) mass is 417 g/mol. The van der Waals surface area contributed by atoms with Gasteiger partial charge in [0, 0.05) is 24.7 Å². The third kappa shape index (κ3) is 3.32. The van der Waals surface area contributed by atoms with E-state index in [9.17, 15) is 10.1 Å². The molecule has 9 heteroatoms. The Morgan fingerprint density at radius 3 is 3.04 bits per heavy atom. The Labute approximate surface area is 169 Å². The number of hydrogen-bond acceptors (Lipinski definition) is 7. The molecule has 1 unspecified atom stereocenters. The molecule has 3 heterocycles. The molecule has 1 saturated heterocycles. The number of hydrogen-bond donors (Lipinski definition) is 1. The lowest BCUT2D eigenvalue weighted by molar-refractivity contribution is 0.521. The van der Waals surface area contributed by atoms with E-state index in [0.29, 0.717) is 15.7 Å². The number of pyridine rings is 1. The third-order valence-corrected chi connectivity index (χ3v) is 6.94. The van der Waals surface area contributed by atoms with Gasteiger partial charge in [0.25, 0.3) is 5.56 Å². The Kier molecular flexibility index (Phi) is 5.10. The first kappa shape index (κ1) is 18.3. The van der Waals surface area contributed by atoms with Crippen molar-refractivity contribution in [2.75, 3.05) is 24.7 Å². The number of nitriles is 1. The maximum atomic E-state index is 12.8. The molecule has 1 atom stereocenters. The second-order valence-electron chi connectivity index (χ2n) is 6.17. The summed E-state index contributed by atoms with van der Waals surface area (Å²) in [7, 11) is 0. The van der Waals surface area contributed by atoms with Crippen LogP contribution < -0.4 is 10.9 Å². The molecule has 2 aromatic heterocycles. The summed E-state index contributed by atoms with van der Waals surface area (Å²) in [4.78, 5) is 17.1. The van der Waals surface area contributed by atoms with Gasteiger partial charge in [-0.3, -0.25) is 13.7 Å². The van der Waals surface area contributed by atoms with Crippen molar-refractivity contribution in [3.63, 3.8) is 0 Å². The lowest BCUT2D eigenvalue weighted by atomic mass is 10.2. The highest BCUT2D eigenvalue weighted by atomic mass is 35.5. The minimum atomic E-state index is -0.243. The van der Waals surface area contributed by atoms with E-state index in [1.807, 2.05) is 24.5 Å². The molecule has 1 fully saturated rings. The molecule has 6 nitrogen and oxygen atoms in total. The van der Waals surface area contributed by atoms with Crippen LogP contribution in [0.5, 0.6) is 0 Å². The summed E-state index contributed by atoms with van der Waals surface area (Å²) < 4.78 is 3.94. The topological polar surface area (TPSA) is 74.0 Å². The zero-order valence-electron chi connectivity index (χ0n) is 14.5. The fraction of sp³-hybridized carbons (Fsp3) is 0.278. The smallest absolute Gasteiger partial charge is 0.281 e. The molecule has 0 aliphatic carbocycles. The van der Waals surface area contributed by atoms with Crippen LogP contribution in [0.3, 0.4) is 0 Å². The van der Waals surface area contributed by atoms with Gasteiger partial charge < -0.3 is 5.32 Å². The van der Waals surface area contributed by atoms with Crippen LogP contribution in [0, 0.1) is 11.3 Å². The Bertz CT molecular complexity index is 1100. The Hall–Kier alpha value is -2.05. The molecule has 27 heavy (non-hydrogen) atoms. The highest BCUT2D eigenvalue weighted by Gasteiger charge is 2.28. The van der Waals surface area contributed by atoms with E-state index in [4.69, 9.17) is 11.6 Å². The molecule has 0 saturated carbocycles. The summed E-state index contributed by atoms with van der Waals surface area (Å²) in [5.74, 6) is 0. The standard InChI is InChI=1S/C18H16ClN5OS2/c1-26-23-8-6-11(10-23)24-18(25)13(9-20)17(27-24)22-16-12-3-2-7-21-15(12)5-4-14(16)19/h2-5,7,11,22H,6,8,10H2,1H3. The van der Waals surface area contributed by atoms with Gasteiger partial charge in [-0.2, -0.15) is 5.26 Å². The highest BCUT2D eigenvalue weighted by molar-refractivity contribution is 7.96. The fourth-order valence-electron chi connectivity index (χ4n) is 3.25. The molecular weight excluding hydrogens is 402 g/mol. The molecular formula is C18H16ClN5OS2. The van der Waals surface area contributed by atoms with E-state index < -0.39 is 0 Å². The van der Waals surface area contributed by atoms with Crippen molar-refractivity contribution >= 4 is 56.7 Å². The second-order valence-corrected chi connectivity index (χ2v) is 8.44. The first-order valence-corrected chi connectivity index (χ1v) is 10.7. The van der Waals surface area contributed by atoms with E-state index in [2.05, 4.69) is 20.7 Å². The number of nitrogens with one attached hydrogen (secondary N) is 1. The largest absolute Gasteiger partial charge is 0.343 e. The van der Waals surface area contributed by atoms with Crippen LogP contribution in [-0.4, -0.2) is 32.6 Å². The van der Waals surface area contributed by atoms with Gasteiger partial charge in [0.2, 0.25) is 0 Å². The summed E-state index contributed by atoms with van der Waals surface area (Å²) in [6, 6.07) is 9.49. The van der Waals surface area contributed by atoms with Crippen molar-refractivity contribution in [1.29, 1.82) is 5.26 Å². The van der Waals surface area contributed by atoms with Crippen molar-refractivity contribution in [2.45, 2.75) is 12.5 Å². The normalized spacial score (nSPS) is 17.3. The van der Waals surface area contributed by atoms with E-state index in [0.717, 1.165) is 30.4 Å². The van der Waals surface area contributed by atoms with Crippen LogP contribution in [0.15, 0.2) is 35.3 Å². The summed E-state index contributed by atoms with van der Waals surface area (Å²) in [5.41, 5.74) is 1.33. The molecule has 1 aromatic carbocycles. The van der Waals surface area contributed by atoms with Gasteiger partial charge in [0.15, 0.2) is 5.56 Å². The van der Waals surface area contributed by atoms with E-state index in [1.165, 1.54) is 11.5 Å². The lowest BCUT2D eigenvalue weighted by Gasteiger charge is -2.12. The summed E-state index contributed by atoms with van der Waals surface area (Å²) in [6.45, 7) is 1.73. The lowest BCUT2D eigenvalue weighted by Crippen LogP contribution is -2.22. The molecule has 138 valence electrons. The van der Waals surface area contributed by atoms with E-state index in [-0.39, 0.29) is 17.2 Å². The minimum Gasteiger partial charge on any atom is -0.343 e. The number of fused-ring (bicyclic) bond motifs is 1. The van der Waals surface area contributed by atoms with Crippen molar-refractivity contribution in [3.05, 3.63) is 51.4 Å². The second kappa shape index (κ2) is 7.52. The molecule has 0 spiro atoms. The van der Waals surface area contributed by atoms with E-state index >= 15 is 0 Å². The minimum absolute atomic E-state index is 0.0854. The molecule has 1 aliphatic heterocycles. The number of benzene rings is 1. The van der Waals surface area contributed by atoms with Crippen molar-refractivity contribution < 1.29 is 0 Å². The fourth-order valence-corrected chi connectivity index (χ4v) is 5.14. The van der Waals surface area contributed by atoms with Gasteiger partial charge in [0.05, 0.1) is 22.3 Å². The maximum absolute atomic E-state index is 12.8. The molecule has 3 aromatic rings. The highest BCUT2D eigenvalue weighted by Crippen LogP contribution is 2.36.